The van der Waals surface area contributed by atoms with Crippen molar-refractivity contribution in [2.24, 2.45) is 5.92 Å². The highest BCUT2D eigenvalue weighted by Crippen LogP contribution is 2.12. The lowest BCUT2D eigenvalue weighted by molar-refractivity contribution is -0.124. The molecular formula is C27H34N4O3. The second kappa shape index (κ2) is 12.0. The summed E-state index contributed by atoms with van der Waals surface area (Å²) >= 11 is 0. The van der Waals surface area contributed by atoms with Crippen LogP contribution in [-0.4, -0.2) is 27.8 Å². The highest BCUT2D eigenvalue weighted by atomic mass is 16.5. The van der Waals surface area contributed by atoms with E-state index >= 15 is 0 Å². The average molecular weight is 463 g/mol. The van der Waals surface area contributed by atoms with Crippen LogP contribution >= 0.6 is 0 Å². The van der Waals surface area contributed by atoms with Gasteiger partial charge in [-0.2, -0.15) is 5.10 Å². The quantitative estimate of drug-likeness (QED) is 0.464. The van der Waals surface area contributed by atoms with Crippen molar-refractivity contribution in [1.82, 2.24) is 20.4 Å². The molecule has 2 aromatic carbocycles. The van der Waals surface area contributed by atoms with Gasteiger partial charge < -0.3 is 15.4 Å². The minimum absolute atomic E-state index is 0.0401. The van der Waals surface area contributed by atoms with Crippen LogP contribution in [0.25, 0.3) is 0 Å². The van der Waals surface area contributed by atoms with Gasteiger partial charge >= 0.3 is 6.09 Å². The first-order valence-electron chi connectivity index (χ1n) is 11.7. The molecule has 0 unspecified atom stereocenters. The number of aryl methyl sites for hydroxylation is 2. The van der Waals surface area contributed by atoms with Crippen LogP contribution in [0.15, 0.2) is 60.7 Å². The molecule has 3 aromatic rings. The third-order valence-electron chi connectivity index (χ3n) is 5.88. The van der Waals surface area contributed by atoms with E-state index in [9.17, 15) is 9.59 Å². The standard InChI is InChI=1S/C27H34N4O3/c1-5-19(2)25(29-27(33)34-18-22-10-7-6-8-11-22)26(32)28-16-23-12-9-13-24(15-23)17-31-21(4)14-20(3)30-31/h6-15,19,25H,5,16-18H2,1-4H3,(H,28,32)(H,29,33)/t19-,25-/m0/s1. The maximum atomic E-state index is 13.0. The smallest absolute Gasteiger partial charge is 0.408 e. The van der Waals surface area contributed by atoms with Crippen LogP contribution in [0.3, 0.4) is 0 Å². The minimum Gasteiger partial charge on any atom is -0.445 e. The topological polar surface area (TPSA) is 85.2 Å². The van der Waals surface area contributed by atoms with Crippen molar-refractivity contribution in [3.05, 3.63) is 88.7 Å². The van der Waals surface area contributed by atoms with E-state index < -0.39 is 12.1 Å². The Hall–Kier alpha value is -3.61. The zero-order valence-corrected chi connectivity index (χ0v) is 20.4. The Labute approximate surface area is 201 Å². The zero-order valence-electron chi connectivity index (χ0n) is 20.4. The number of aromatic nitrogens is 2. The molecule has 0 saturated carbocycles. The molecule has 0 aliphatic heterocycles. The van der Waals surface area contributed by atoms with E-state index in [0.717, 1.165) is 34.5 Å². The summed E-state index contributed by atoms with van der Waals surface area (Å²) in [7, 11) is 0. The molecule has 34 heavy (non-hydrogen) atoms. The van der Waals surface area contributed by atoms with Gasteiger partial charge in [-0.3, -0.25) is 9.48 Å². The van der Waals surface area contributed by atoms with E-state index in [2.05, 4.69) is 27.9 Å². The van der Waals surface area contributed by atoms with Crippen molar-refractivity contribution in [2.45, 2.75) is 59.9 Å². The summed E-state index contributed by atoms with van der Waals surface area (Å²) in [5.74, 6) is -0.267. The molecular weight excluding hydrogens is 428 g/mol. The number of hydrogen-bond donors (Lipinski definition) is 2. The number of hydrogen-bond acceptors (Lipinski definition) is 4. The normalized spacial score (nSPS) is 12.6. The molecule has 7 heteroatoms. The van der Waals surface area contributed by atoms with Crippen LogP contribution in [-0.2, 0) is 29.2 Å². The highest BCUT2D eigenvalue weighted by Gasteiger charge is 2.26. The van der Waals surface area contributed by atoms with E-state index in [1.165, 1.54) is 0 Å². The first kappa shape index (κ1) is 25.0. The van der Waals surface area contributed by atoms with Gasteiger partial charge in [0.1, 0.15) is 12.6 Å². The Morgan fingerprint density at radius 3 is 2.38 bits per heavy atom. The van der Waals surface area contributed by atoms with Gasteiger partial charge in [-0.1, -0.05) is 74.9 Å². The SMILES string of the molecule is CC[C@H](C)[C@H](NC(=O)OCc1ccccc1)C(=O)NCc1cccc(Cn2nc(C)cc2C)c1. The first-order chi connectivity index (χ1) is 16.4. The summed E-state index contributed by atoms with van der Waals surface area (Å²) < 4.78 is 7.28. The van der Waals surface area contributed by atoms with E-state index in [-0.39, 0.29) is 18.4 Å². The average Bonchev–Trinajstić information content (AvgIpc) is 3.16. The van der Waals surface area contributed by atoms with Gasteiger partial charge in [0.05, 0.1) is 12.2 Å². The Morgan fingerprint density at radius 1 is 1.00 bits per heavy atom. The number of alkyl carbamates (subject to hydrolysis) is 1. The van der Waals surface area contributed by atoms with E-state index in [1.807, 2.05) is 80.9 Å². The number of nitrogens with one attached hydrogen (secondary N) is 2. The van der Waals surface area contributed by atoms with Crippen molar-refractivity contribution < 1.29 is 14.3 Å². The fraction of sp³-hybridized carbons (Fsp3) is 0.370. The Bertz CT molecular complexity index is 1090. The van der Waals surface area contributed by atoms with E-state index in [4.69, 9.17) is 4.74 Å². The summed E-state index contributed by atoms with van der Waals surface area (Å²) in [5, 5.41) is 10.2. The molecule has 2 amide bonds. The summed E-state index contributed by atoms with van der Waals surface area (Å²) in [5.41, 5.74) is 5.09. The van der Waals surface area contributed by atoms with Gasteiger partial charge in [-0.15, -0.1) is 0 Å². The lowest BCUT2D eigenvalue weighted by Crippen LogP contribution is -2.50. The van der Waals surface area contributed by atoms with Gasteiger partial charge in [0, 0.05) is 12.2 Å². The second-order valence-corrected chi connectivity index (χ2v) is 8.69. The van der Waals surface area contributed by atoms with Crippen molar-refractivity contribution in [1.29, 1.82) is 0 Å². The molecule has 180 valence electrons. The van der Waals surface area contributed by atoms with Crippen molar-refractivity contribution in [3.63, 3.8) is 0 Å². The van der Waals surface area contributed by atoms with Gasteiger partial charge in [-0.25, -0.2) is 4.79 Å². The monoisotopic (exact) mass is 462 g/mol. The molecule has 0 aliphatic rings. The van der Waals surface area contributed by atoms with Crippen molar-refractivity contribution in [2.75, 3.05) is 0 Å². The second-order valence-electron chi connectivity index (χ2n) is 8.69. The number of amides is 2. The maximum absolute atomic E-state index is 13.0. The molecule has 0 bridgehead atoms. The molecule has 3 rings (SSSR count). The van der Waals surface area contributed by atoms with Crippen LogP contribution in [0.2, 0.25) is 0 Å². The largest absolute Gasteiger partial charge is 0.445 e. The summed E-state index contributed by atoms with van der Waals surface area (Å²) in [6, 6.07) is 18.9. The van der Waals surface area contributed by atoms with Gasteiger partial charge in [-0.05, 0) is 42.5 Å². The molecule has 2 N–H and O–H groups in total. The molecule has 2 atom stereocenters. The molecule has 1 aromatic heterocycles. The lowest BCUT2D eigenvalue weighted by atomic mass is 9.98. The molecule has 0 fully saturated rings. The summed E-state index contributed by atoms with van der Waals surface area (Å²) in [4.78, 5) is 25.3. The number of nitrogens with zero attached hydrogens (tertiary/aromatic N) is 2. The third-order valence-corrected chi connectivity index (χ3v) is 5.88. The molecule has 0 saturated heterocycles. The molecule has 1 heterocycles. The van der Waals surface area contributed by atoms with E-state index in [0.29, 0.717) is 13.1 Å². The van der Waals surface area contributed by atoms with Gasteiger partial charge in [0.2, 0.25) is 5.91 Å². The van der Waals surface area contributed by atoms with Crippen molar-refractivity contribution in [3.8, 4) is 0 Å². The Kier molecular flexibility index (Phi) is 8.85. The molecule has 0 aliphatic carbocycles. The third kappa shape index (κ3) is 7.20. The van der Waals surface area contributed by atoms with Crippen LogP contribution in [0.4, 0.5) is 4.79 Å². The molecule has 0 spiro atoms. The molecule has 7 nitrogen and oxygen atoms in total. The van der Waals surface area contributed by atoms with Crippen LogP contribution in [0.5, 0.6) is 0 Å². The number of ether oxygens (including phenoxy) is 1. The Balaban J connectivity index is 1.56. The van der Waals surface area contributed by atoms with Gasteiger partial charge in [0.15, 0.2) is 0 Å². The summed E-state index contributed by atoms with van der Waals surface area (Å²) in [6.45, 7) is 9.15. The zero-order chi connectivity index (χ0) is 24.5. The number of benzene rings is 2. The number of carbonyl (C=O) groups excluding carboxylic acids is 2. The minimum atomic E-state index is -0.675. The van der Waals surface area contributed by atoms with Crippen molar-refractivity contribution >= 4 is 12.0 Å². The highest BCUT2D eigenvalue weighted by molar-refractivity contribution is 5.85. The fourth-order valence-electron chi connectivity index (χ4n) is 3.74. The Morgan fingerprint density at radius 2 is 1.71 bits per heavy atom. The van der Waals surface area contributed by atoms with Gasteiger partial charge in [0.25, 0.3) is 0 Å². The number of rotatable bonds is 10. The molecule has 0 radical (unpaired) electrons. The van der Waals surface area contributed by atoms with Crippen LogP contribution < -0.4 is 10.6 Å². The summed E-state index contributed by atoms with van der Waals surface area (Å²) in [6.07, 6.45) is 0.144. The van der Waals surface area contributed by atoms with E-state index in [1.54, 1.807) is 0 Å². The van der Waals surface area contributed by atoms with Crippen LogP contribution in [0, 0.1) is 19.8 Å². The number of carbonyl (C=O) groups is 2. The van der Waals surface area contributed by atoms with Crippen LogP contribution in [0.1, 0.15) is 48.3 Å². The fourth-order valence-corrected chi connectivity index (χ4v) is 3.74. The first-order valence-corrected chi connectivity index (χ1v) is 11.7. The maximum Gasteiger partial charge on any atom is 0.408 e. The predicted octanol–water partition coefficient (Wildman–Crippen LogP) is 4.51. The predicted molar refractivity (Wildman–Crippen MR) is 132 cm³/mol. The lowest BCUT2D eigenvalue weighted by Gasteiger charge is -2.23.